The smallest absolute Gasteiger partial charge is 0.226 e. The molecule has 1 rings (SSSR count). The molecule has 19 heavy (non-hydrogen) atoms. The van der Waals surface area contributed by atoms with Gasteiger partial charge in [0.2, 0.25) is 11.0 Å². The van der Waals surface area contributed by atoms with Crippen molar-refractivity contribution in [1.82, 2.24) is 5.32 Å². The molecule has 0 aromatic rings. The van der Waals surface area contributed by atoms with Crippen molar-refractivity contribution < 1.29 is 19.8 Å². The first-order valence-corrected chi connectivity index (χ1v) is 7.62. The summed E-state index contributed by atoms with van der Waals surface area (Å²) in [5.41, 5.74) is -1.58. The molecular formula is C13H23NO4S. The third-order valence-electron chi connectivity index (χ3n) is 3.56. The van der Waals surface area contributed by atoms with Gasteiger partial charge in [-0.1, -0.05) is 39.5 Å². The monoisotopic (exact) mass is 289 g/mol. The van der Waals surface area contributed by atoms with Crippen molar-refractivity contribution in [3.63, 3.8) is 0 Å². The van der Waals surface area contributed by atoms with E-state index in [1.54, 1.807) is 20.8 Å². The van der Waals surface area contributed by atoms with Crippen LogP contribution in [0, 0.1) is 11.8 Å². The number of carbonyl (C=O) groups excluding carboxylic acids is 2. The van der Waals surface area contributed by atoms with Gasteiger partial charge in [-0.15, -0.1) is 0 Å². The standard InChI is InChI=1S/C13H23NO4S/c1-5-6-19-12(18)13(9(15)7(2)3)10(16)8(4)11(17)14-13/h7-10,15-16H,5-6H2,1-4H3,(H,14,17)/t8-,9+,10+,13-/m1/s1. The van der Waals surface area contributed by atoms with Gasteiger partial charge >= 0.3 is 0 Å². The van der Waals surface area contributed by atoms with Gasteiger partial charge < -0.3 is 15.5 Å². The number of thioether (sulfide) groups is 1. The van der Waals surface area contributed by atoms with Gasteiger partial charge in [-0.25, -0.2) is 0 Å². The number of amides is 1. The van der Waals surface area contributed by atoms with Gasteiger partial charge in [-0.2, -0.15) is 0 Å². The fraction of sp³-hybridized carbons (Fsp3) is 0.846. The minimum absolute atomic E-state index is 0.244. The van der Waals surface area contributed by atoms with Crippen LogP contribution < -0.4 is 5.32 Å². The molecule has 0 radical (unpaired) electrons. The molecular weight excluding hydrogens is 266 g/mol. The molecule has 0 aliphatic carbocycles. The first-order valence-electron chi connectivity index (χ1n) is 6.64. The normalized spacial score (nSPS) is 32.5. The topological polar surface area (TPSA) is 86.6 Å². The fourth-order valence-corrected chi connectivity index (χ4v) is 3.23. The zero-order valence-electron chi connectivity index (χ0n) is 11.8. The van der Waals surface area contributed by atoms with E-state index in [-0.39, 0.29) is 11.0 Å². The molecule has 1 aliphatic rings. The summed E-state index contributed by atoms with van der Waals surface area (Å²) in [4.78, 5) is 24.2. The van der Waals surface area contributed by atoms with E-state index in [1.165, 1.54) is 0 Å². The Labute approximate surface area is 118 Å². The Balaban J connectivity index is 3.12. The van der Waals surface area contributed by atoms with E-state index in [0.29, 0.717) is 5.75 Å². The van der Waals surface area contributed by atoms with Crippen molar-refractivity contribution in [1.29, 1.82) is 0 Å². The minimum Gasteiger partial charge on any atom is -0.390 e. The molecule has 0 aromatic heterocycles. The van der Waals surface area contributed by atoms with Crippen molar-refractivity contribution in [2.75, 3.05) is 5.75 Å². The van der Waals surface area contributed by atoms with E-state index in [4.69, 9.17) is 0 Å². The minimum atomic E-state index is -1.58. The maximum absolute atomic E-state index is 12.4. The van der Waals surface area contributed by atoms with Crippen LogP contribution in [0.2, 0.25) is 0 Å². The number of hydrogen-bond donors (Lipinski definition) is 3. The van der Waals surface area contributed by atoms with Crippen LogP contribution in [0.25, 0.3) is 0 Å². The van der Waals surface area contributed by atoms with Crippen LogP contribution in [-0.2, 0) is 9.59 Å². The maximum atomic E-state index is 12.4. The number of aliphatic hydroxyl groups is 2. The number of carbonyl (C=O) groups is 2. The first kappa shape index (κ1) is 16.5. The molecule has 1 aliphatic heterocycles. The van der Waals surface area contributed by atoms with Crippen LogP contribution in [0.5, 0.6) is 0 Å². The number of aliphatic hydroxyl groups excluding tert-OH is 2. The summed E-state index contributed by atoms with van der Waals surface area (Å²) in [6.45, 7) is 7.02. The number of nitrogens with one attached hydrogen (secondary N) is 1. The largest absolute Gasteiger partial charge is 0.390 e. The predicted molar refractivity (Wildman–Crippen MR) is 74.6 cm³/mol. The Morgan fingerprint density at radius 3 is 2.47 bits per heavy atom. The van der Waals surface area contributed by atoms with Gasteiger partial charge in [0.25, 0.3) is 0 Å². The maximum Gasteiger partial charge on any atom is 0.226 e. The Morgan fingerprint density at radius 1 is 1.53 bits per heavy atom. The van der Waals surface area contributed by atoms with E-state index in [1.807, 2.05) is 6.92 Å². The molecule has 5 nitrogen and oxygen atoms in total. The van der Waals surface area contributed by atoms with Crippen LogP contribution in [-0.4, -0.2) is 44.7 Å². The van der Waals surface area contributed by atoms with Gasteiger partial charge in [0.15, 0.2) is 5.54 Å². The number of hydrogen-bond acceptors (Lipinski definition) is 5. The molecule has 110 valence electrons. The summed E-state index contributed by atoms with van der Waals surface area (Å²) < 4.78 is 0. The Bertz CT molecular complexity index is 361. The highest BCUT2D eigenvalue weighted by molar-refractivity contribution is 8.13. The molecule has 1 heterocycles. The molecule has 0 unspecified atom stereocenters. The van der Waals surface area contributed by atoms with Crippen LogP contribution in [0.15, 0.2) is 0 Å². The number of rotatable bonds is 5. The molecule has 4 atom stereocenters. The first-order chi connectivity index (χ1) is 8.78. The van der Waals surface area contributed by atoms with Crippen LogP contribution in [0.1, 0.15) is 34.1 Å². The zero-order chi connectivity index (χ0) is 14.8. The second kappa shape index (κ2) is 6.24. The van der Waals surface area contributed by atoms with E-state index in [9.17, 15) is 19.8 Å². The summed E-state index contributed by atoms with van der Waals surface area (Å²) in [5.74, 6) is -0.730. The van der Waals surface area contributed by atoms with Gasteiger partial charge in [0, 0.05) is 5.75 Å². The molecule has 0 saturated carbocycles. The van der Waals surface area contributed by atoms with Gasteiger partial charge in [-0.3, -0.25) is 9.59 Å². The van der Waals surface area contributed by atoms with Crippen molar-refractivity contribution in [2.24, 2.45) is 11.8 Å². The van der Waals surface area contributed by atoms with Crippen molar-refractivity contribution in [3.8, 4) is 0 Å². The average molecular weight is 289 g/mol. The van der Waals surface area contributed by atoms with E-state index in [0.717, 1.165) is 18.2 Å². The van der Waals surface area contributed by atoms with Crippen LogP contribution in [0.3, 0.4) is 0 Å². The third kappa shape index (κ3) is 2.80. The highest BCUT2D eigenvalue weighted by atomic mass is 32.2. The summed E-state index contributed by atoms with van der Waals surface area (Å²) >= 11 is 1.05. The molecule has 1 fully saturated rings. The molecule has 0 spiro atoms. The SMILES string of the molecule is CCCSC(=O)[C@]1([C@@H](O)C(C)C)NC(=O)[C@H](C)[C@@H]1O. The van der Waals surface area contributed by atoms with Crippen LogP contribution >= 0.6 is 11.8 Å². The van der Waals surface area contributed by atoms with Crippen LogP contribution in [0.4, 0.5) is 0 Å². The highest BCUT2D eigenvalue weighted by Gasteiger charge is 2.60. The summed E-state index contributed by atoms with van der Waals surface area (Å²) in [6.07, 6.45) is -1.49. The molecule has 0 bridgehead atoms. The third-order valence-corrected chi connectivity index (χ3v) is 4.77. The molecule has 3 N–H and O–H groups in total. The fourth-order valence-electron chi connectivity index (χ4n) is 2.31. The summed E-state index contributed by atoms with van der Waals surface area (Å²) in [5, 5.41) is 22.8. The second-order valence-electron chi connectivity index (χ2n) is 5.42. The van der Waals surface area contributed by atoms with Crippen molar-refractivity contribution in [3.05, 3.63) is 0 Å². The van der Waals surface area contributed by atoms with Crippen molar-refractivity contribution >= 4 is 22.8 Å². The lowest BCUT2D eigenvalue weighted by Crippen LogP contribution is -2.64. The molecule has 1 saturated heterocycles. The van der Waals surface area contributed by atoms with Crippen molar-refractivity contribution in [2.45, 2.75) is 51.9 Å². The second-order valence-corrected chi connectivity index (χ2v) is 6.48. The Kier molecular flexibility index (Phi) is 5.41. The van der Waals surface area contributed by atoms with E-state index in [2.05, 4.69) is 5.32 Å². The molecule has 1 amide bonds. The predicted octanol–water partition coefficient (Wildman–Crippen LogP) is 0.539. The van der Waals surface area contributed by atoms with E-state index < -0.39 is 29.6 Å². The quantitative estimate of drug-likeness (QED) is 0.687. The molecule has 0 aromatic carbocycles. The van der Waals surface area contributed by atoms with Gasteiger partial charge in [-0.05, 0) is 12.3 Å². The highest BCUT2D eigenvalue weighted by Crippen LogP contribution is 2.36. The lowest BCUT2D eigenvalue weighted by Gasteiger charge is -2.37. The summed E-state index contributed by atoms with van der Waals surface area (Å²) in [7, 11) is 0. The van der Waals surface area contributed by atoms with Gasteiger partial charge in [0.1, 0.15) is 0 Å². The average Bonchev–Trinajstić information content (AvgIpc) is 2.60. The van der Waals surface area contributed by atoms with Gasteiger partial charge in [0.05, 0.1) is 18.1 Å². The summed E-state index contributed by atoms with van der Waals surface area (Å²) in [6, 6.07) is 0. The lowest BCUT2D eigenvalue weighted by molar-refractivity contribution is -0.131. The Morgan fingerprint density at radius 2 is 2.11 bits per heavy atom. The van der Waals surface area contributed by atoms with E-state index >= 15 is 0 Å². The Hall–Kier alpha value is -0.590. The zero-order valence-corrected chi connectivity index (χ0v) is 12.7. The molecule has 6 heteroatoms. The lowest BCUT2D eigenvalue weighted by atomic mass is 9.81.